The molecule has 0 saturated heterocycles. The number of methoxy groups -OCH3 is 1. The van der Waals surface area contributed by atoms with Crippen LogP contribution in [0.25, 0.3) is 0 Å². The first-order valence-corrected chi connectivity index (χ1v) is 4.65. The second-order valence-electron chi connectivity index (χ2n) is 3.45. The van der Waals surface area contributed by atoms with Crippen molar-refractivity contribution in [3.63, 3.8) is 0 Å². The standard InChI is InChI=1S/C10H9F6NO/c1-18-6-4-2-3-5(11)7(6)8(17)9(12,13)10(14,15)16/h2-4,8H,17H2,1H3/t8-/m1/s1. The molecule has 8 heteroatoms. The van der Waals surface area contributed by atoms with Gasteiger partial charge in [-0.05, 0) is 12.1 Å². The van der Waals surface area contributed by atoms with Crippen molar-refractivity contribution in [3.05, 3.63) is 29.6 Å². The molecule has 0 aromatic heterocycles. The molecule has 0 bridgehead atoms. The SMILES string of the molecule is COc1cccc(F)c1[C@@H](N)C(F)(F)C(F)(F)F. The summed E-state index contributed by atoms with van der Waals surface area (Å²) >= 11 is 0. The van der Waals surface area contributed by atoms with Gasteiger partial charge in [-0.1, -0.05) is 6.07 Å². The van der Waals surface area contributed by atoms with Crippen LogP contribution in [0.2, 0.25) is 0 Å². The van der Waals surface area contributed by atoms with E-state index in [1.807, 2.05) is 0 Å². The van der Waals surface area contributed by atoms with Crippen LogP contribution < -0.4 is 10.5 Å². The molecule has 2 N–H and O–H groups in total. The van der Waals surface area contributed by atoms with Gasteiger partial charge in [0.15, 0.2) is 0 Å². The van der Waals surface area contributed by atoms with Crippen LogP contribution in [0.3, 0.4) is 0 Å². The van der Waals surface area contributed by atoms with Crippen LogP contribution >= 0.6 is 0 Å². The maximum absolute atomic E-state index is 13.3. The maximum atomic E-state index is 13.3. The van der Waals surface area contributed by atoms with Gasteiger partial charge in [-0.2, -0.15) is 22.0 Å². The van der Waals surface area contributed by atoms with E-state index in [-0.39, 0.29) is 0 Å². The Morgan fingerprint density at radius 2 is 1.72 bits per heavy atom. The number of rotatable bonds is 3. The Morgan fingerprint density at radius 3 is 2.17 bits per heavy atom. The highest BCUT2D eigenvalue weighted by Crippen LogP contribution is 2.45. The van der Waals surface area contributed by atoms with Crippen molar-refractivity contribution >= 4 is 0 Å². The lowest BCUT2D eigenvalue weighted by molar-refractivity contribution is -0.291. The van der Waals surface area contributed by atoms with Gasteiger partial charge >= 0.3 is 12.1 Å². The van der Waals surface area contributed by atoms with Crippen molar-refractivity contribution < 1.29 is 31.1 Å². The third kappa shape index (κ3) is 2.38. The van der Waals surface area contributed by atoms with E-state index in [0.717, 1.165) is 25.3 Å². The van der Waals surface area contributed by atoms with E-state index in [9.17, 15) is 26.3 Å². The van der Waals surface area contributed by atoms with Crippen LogP contribution in [0.1, 0.15) is 11.6 Å². The molecule has 18 heavy (non-hydrogen) atoms. The number of benzene rings is 1. The molecule has 0 radical (unpaired) electrons. The van der Waals surface area contributed by atoms with Crippen molar-refractivity contribution in [1.82, 2.24) is 0 Å². The van der Waals surface area contributed by atoms with Gasteiger partial charge in [-0.15, -0.1) is 0 Å². The number of alkyl halides is 5. The molecule has 0 unspecified atom stereocenters. The Labute approximate surface area is 98.3 Å². The molecule has 1 rings (SSSR count). The molecule has 0 saturated carbocycles. The fourth-order valence-corrected chi connectivity index (χ4v) is 1.35. The van der Waals surface area contributed by atoms with Crippen LogP contribution in [0.15, 0.2) is 18.2 Å². The predicted molar refractivity (Wildman–Crippen MR) is 50.9 cm³/mol. The largest absolute Gasteiger partial charge is 0.496 e. The Bertz CT molecular complexity index is 431. The normalized spacial score (nSPS) is 14.4. The second kappa shape index (κ2) is 4.68. The van der Waals surface area contributed by atoms with E-state index in [2.05, 4.69) is 4.74 Å². The first-order chi connectivity index (χ1) is 8.13. The molecule has 0 aliphatic rings. The molecule has 0 heterocycles. The molecule has 0 aliphatic heterocycles. The van der Waals surface area contributed by atoms with Crippen molar-refractivity contribution in [3.8, 4) is 5.75 Å². The van der Waals surface area contributed by atoms with Crippen molar-refractivity contribution in [2.45, 2.75) is 18.1 Å². The average Bonchev–Trinajstić information content (AvgIpc) is 2.26. The van der Waals surface area contributed by atoms with E-state index in [4.69, 9.17) is 5.73 Å². The lowest BCUT2D eigenvalue weighted by Gasteiger charge is -2.27. The van der Waals surface area contributed by atoms with Gasteiger partial charge in [-0.3, -0.25) is 0 Å². The highest BCUT2D eigenvalue weighted by molar-refractivity contribution is 5.38. The summed E-state index contributed by atoms with van der Waals surface area (Å²) in [7, 11) is 1.01. The van der Waals surface area contributed by atoms with E-state index in [1.165, 1.54) is 0 Å². The molecule has 1 atom stereocenters. The van der Waals surface area contributed by atoms with Crippen LogP contribution in [0, 0.1) is 5.82 Å². The number of halogens is 6. The average molecular weight is 273 g/mol. The minimum absolute atomic E-state index is 0.466. The fourth-order valence-electron chi connectivity index (χ4n) is 1.35. The Kier molecular flexibility index (Phi) is 3.80. The summed E-state index contributed by atoms with van der Waals surface area (Å²) in [5.74, 6) is -7.01. The first-order valence-electron chi connectivity index (χ1n) is 4.65. The first kappa shape index (κ1) is 14.6. The molecule has 0 aliphatic carbocycles. The summed E-state index contributed by atoms with van der Waals surface area (Å²) in [6.45, 7) is 0. The highest BCUT2D eigenvalue weighted by Gasteiger charge is 2.62. The third-order valence-corrected chi connectivity index (χ3v) is 2.31. The van der Waals surface area contributed by atoms with Crippen LogP contribution in [-0.2, 0) is 0 Å². The molecule has 1 aromatic carbocycles. The van der Waals surface area contributed by atoms with Crippen molar-refractivity contribution in [2.24, 2.45) is 5.73 Å². The summed E-state index contributed by atoms with van der Waals surface area (Å²) in [4.78, 5) is 0. The van der Waals surface area contributed by atoms with E-state index < -0.39 is 35.3 Å². The van der Waals surface area contributed by atoms with Gasteiger partial charge < -0.3 is 10.5 Å². The smallest absolute Gasteiger partial charge is 0.455 e. The lowest BCUT2D eigenvalue weighted by Crippen LogP contribution is -2.46. The zero-order chi connectivity index (χ0) is 14.1. The van der Waals surface area contributed by atoms with E-state index in [1.54, 1.807) is 0 Å². The van der Waals surface area contributed by atoms with Gasteiger partial charge in [-0.25, -0.2) is 4.39 Å². The summed E-state index contributed by atoms with van der Waals surface area (Å²) < 4.78 is 80.4. The molecular weight excluding hydrogens is 264 g/mol. The van der Waals surface area contributed by atoms with Crippen molar-refractivity contribution in [1.29, 1.82) is 0 Å². The lowest BCUT2D eigenvalue weighted by atomic mass is 9.99. The quantitative estimate of drug-likeness (QED) is 0.859. The monoisotopic (exact) mass is 273 g/mol. The van der Waals surface area contributed by atoms with E-state index in [0.29, 0.717) is 0 Å². The van der Waals surface area contributed by atoms with Gasteiger partial charge in [0.1, 0.15) is 17.6 Å². The highest BCUT2D eigenvalue weighted by atomic mass is 19.4. The second-order valence-corrected chi connectivity index (χ2v) is 3.45. The van der Waals surface area contributed by atoms with E-state index >= 15 is 0 Å². The molecule has 1 aromatic rings. The zero-order valence-electron chi connectivity index (χ0n) is 9.06. The predicted octanol–water partition coefficient (Wildman–Crippen LogP) is 3.03. The minimum Gasteiger partial charge on any atom is -0.496 e. The van der Waals surface area contributed by atoms with Crippen molar-refractivity contribution in [2.75, 3.05) is 7.11 Å². The number of hydrogen-bond donors (Lipinski definition) is 1. The molecular formula is C10H9F6NO. The Hall–Kier alpha value is -1.44. The molecule has 0 spiro atoms. The summed E-state index contributed by atoms with van der Waals surface area (Å²) in [5, 5.41) is 0. The molecule has 0 fully saturated rings. The Balaban J connectivity index is 3.31. The Morgan fingerprint density at radius 1 is 1.17 bits per heavy atom. The minimum atomic E-state index is -5.88. The van der Waals surface area contributed by atoms with Gasteiger partial charge in [0.2, 0.25) is 0 Å². The zero-order valence-corrected chi connectivity index (χ0v) is 9.06. The fraction of sp³-hybridized carbons (Fsp3) is 0.400. The number of nitrogens with two attached hydrogens (primary N) is 1. The summed E-state index contributed by atoms with van der Waals surface area (Å²) in [6.07, 6.45) is -5.88. The molecule has 0 amide bonds. The number of ether oxygens (including phenoxy) is 1. The van der Waals surface area contributed by atoms with Gasteiger partial charge in [0.25, 0.3) is 0 Å². The van der Waals surface area contributed by atoms with Crippen LogP contribution in [-0.4, -0.2) is 19.2 Å². The molecule has 102 valence electrons. The van der Waals surface area contributed by atoms with Gasteiger partial charge in [0, 0.05) is 0 Å². The topological polar surface area (TPSA) is 35.2 Å². The third-order valence-electron chi connectivity index (χ3n) is 2.31. The van der Waals surface area contributed by atoms with Gasteiger partial charge in [0.05, 0.1) is 12.7 Å². The summed E-state index contributed by atoms with van der Waals surface area (Å²) in [5.41, 5.74) is 3.83. The molecule has 2 nitrogen and oxygen atoms in total. The number of hydrogen-bond acceptors (Lipinski definition) is 2. The van der Waals surface area contributed by atoms with Crippen LogP contribution in [0.4, 0.5) is 26.3 Å². The summed E-state index contributed by atoms with van der Waals surface area (Å²) in [6, 6.07) is -0.000906. The van der Waals surface area contributed by atoms with Crippen LogP contribution in [0.5, 0.6) is 5.75 Å². The maximum Gasteiger partial charge on any atom is 0.455 e.